The Morgan fingerprint density at radius 3 is 2.44 bits per heavy atom. The van der Waals surface area contributed by atoms with Crippen molar-refractivity contribution in [1.82, 2.24) is 21.1 Å². The number of carbonyl (C=O) groups is 1. The lowest BCUT2D eigenvalue weighted by molar-refractivity contribution is 0.0474. The van der Waals surface area contributed by atoms with Crippen LogP contribution in [0.15, 0.2) is 15.6 Å². The predicted octanol–water partition coefficient (Wildman–Crippen LogP) is 3.16. The third-order valence-corrected chi connectivity index (χ3v) is 3.44. The molecule has 0 aliphatic rings. The maximum absolute atomic E-state index is 12.0. The first-order valence-corrected chi connectivity index (χ1v) is 9.40. The molecule has 0 aliphatic carbocycles. The van der Waals surface area contributed by atoms with E-state index in [0.717, 1.165) is 12.2 Å². The topological polar surface area (TPSA) is 101 Å². The van der Waals surface area contributed by atoms with E-state index in [2.05, 4.69) is 39.9 Å². The molecule has 0 radical (unpaired) electrons. The maximum Gasteiger partial charge on any atom is 0.408 e. The Morgan fingerprint density at radius 2 is 1.93 bits per heavy atom. The Kier molecular flexibility index (Phi) is 8.12. The van der Waals surface area contributed by atoms with E-state index in [1.54, 1.807) is 0 Å². The van der Waals surface area contributed by atoms with Crippen molar-refractivity contribution in [3.8, 4) is 0 Å². The smallest absolute Gasteiger partial charge is 0.408 e. The minimum Gasteiger partial charge on any atom is -0.444 e. The van der Waals surface area contributed by atoms with Crippen molar-refractivity contribution in [2.75, 3.05) is 13.1 Å². The highest BCUT2D eigenvalue weighted by Gasteiger charge is 2.24. The van der Waals surface area contributed by atoms with Gasteiger partial charge in [0, 0.05) is 19.2 Å². The Bertz CT molecular complexity index is 630. The van der Waals surface area contributed by atoms with Crippen LogP contribution in [0.4, 0.5) is 4.79 Å². The van der Waals surface area contributed by atoms with Crippen LogP contribution >= 0.6 is 0 Å². The zero-order valence-electron chi connectivity index (χ0n) is 17.9. The molecule has 3 N–H and O–H groups in total. The normalized spacial score (nSPS) is 12.9. The second-order valence-corrected chi connectivity index (χ2v) is 8.43. The zero-order chi connectivity index (χ0) is 20.7. The van der Waals surface area contributed by atoms with E-state index < -0.39 is 17.2 Å². The number of alkyl carbamates (subject to hydrolysis) is 1. The highest BCUT2D eigenvalue weighted by molar-refractivity contribution is 5.80. The molecular weight excluding hydrogens is 346 g/mol. The molecule has 0 aromatic carbocycles. The summed E-state index contributed by atoms with van der Waals surface area (Å²) in [6.07, 6.45) is -0.445. The Balaban J connectivity index is 2.63. The molecule has 154 valence electrons. The van der Waals surface area contributed by atoms with Crippen LogP contribution in [-0.4, -0.2) is 41.4 Å². The number of carbonyl (C=O) groups excluding carboxylic acids is 1. The van der Waals surface area contributed by atoms with Crippen molar-refractivity contribution in [2.24, 2.45) is 4.99 Å². The lowest BCUT2D eigenvalue weighted by Gasteiger charge is -2.29. The van der Waals surface area contributed by atoms with Gasteiger partial charge in [-0.3, -0.25) is 0 Å². The van der Waals surface area contributed by atoms with Crippen molar-refractivity contribution in [1.29, 1.82) is 0 Å². The maximum atomic E-state index is 12.0. The summed E-state index contributed by atoms with van der Waals surface area (Å²) in [7, 11) is 0. The van der Waals surface area contributed by atoms with E-state index in [9.17, 15) is 4.79 Å². The lowest BCUT2D eigenvalue weighted by Crippen LogP contribution is -2.54. The summed E-state index contributed by atoms with van der Waals surface area (Å²) in [6.45, 7) is 17.0. The largest absolute Gasteiger partial charge is 0.444 e. The summed E-state index contributed by atoms with van der Waals surface area (Å²) in [6, 6.07) is 1.92. The van der Waals surface area contributed by atoms with Crippen LogP contribution in [0.1, 0.15) is 72.8 Å². The number of guanidine groups is 1. The molecule has 0 saturated heterocycles. The molecule has 1 amide bonds. The van der Waals surface area contributed by atoms with Gasteiger partial charge in [-0.05, 0) is 47.5 Å². The molecule has 0 saturated carbocycles. The zero-order valence-corrected chi connectivity index (χ0v) is 17.9. The molecule has 0 unspecified atom stereocenters. The average Bonchev–Trinajstić information content (AvgIpc) is 2.96. The van der Waals surface area contributed by atoms with Crippen LogP contribution in [0.2, 0.25) is 0 Å². The quantitative estimate of drug-likeness (QED) is 0.495. The molecule has 1 rings (SSSR count). The second-order valence-electron chi connectivity index (χ2n) is 8.43. The van der Waals surface area contributed by atoms with E-state index >= 15 is 0 Å². The third-order valence-electron chi connectivity index (χ3n) is 3.44. The van der Waals surface area contributed by atoms with Gasteiger partial charge in [-0.25, -0.2) is 9.79 Å². The van der Waals surface area contributed by atoms with Crippen LogP contribution in [0.5, 0.6) is 0 Å². The first kappa shape index (κ1) is 22.8. The summed E-state index contributed by atoms with van der Waals surface area (Å²) in [5, 5.41) is 13.3. The first-order valence-electron chi connectivity index (χ1n) is 9.40. The number of hydrogen-bond donors (Lipinski definition) is 3. The minimum absolute atomic E-state index is 0.317. The fourth-order valence-electron chi connectivity index (χ4n) is 2.10. The third kappa shape index (κ3) is 9.30. The van der Waals surface area contributed by atoms with Gasteiger partial charge in [0.1, 0.15) is 12.1 Å². The molecule has 0 atom stereocenters. The van der Waals surface area contributed by atoms with Gasteiger partial charge >= 0.3 is 6.09 Å². The predicted molar refractivity (Wildman–Crippen MR) is 107 cm³/mol. The fourth-order valence-corrected chi connectivity index (χ4v) is 2.10. The number of ether oxygens (including phenoxy) is 1. The van der Waals surface area contributed by atoms with Gasteiger partial charge in [-0.15, -0.1) is 0 Å². The van der Waals surface area contributed by atoms with Crippen LogP contribution in [0.25, 0.3) is 0 Å². The summed E-state index contributed by atoms with van der Waals surface area (Å²) < 4.78 is 10.6. The summed E-state index contributed by atoms with van der Waals surface area (Å²) in [4.78, 5) is 16.5. The van der Waals surface area contributed by atoms with Gasteiger partial charge in [0.2, 0.25) is 0 Å². The minimum atomic E-state index is -0.532. The van der Waals surface area contributed by atoms with Crippen molar-refractivity contribution < 1.29 is 14.1 Å². The number of aliphatic imine (C=N–C) groups is 1. The van der Waals surface area contributed by atoms with Gasteiger partial charge in [0.25, 0.3) is 0 Å². The molecule has 0 bridgehead atoms. The standard InChI is InChI=1S/C19H35N5O3/c1-9-20-16(21-11-14-10-15(13(2)3)24-27-14)22-12-19(7,8)23-17(25)26-18(4,5)6/h10,13H,9,11-12H2,1-8H3,(H,23,25)(H2,20,21,22). The highest BCUT2D eigenvalue weighted by atomic mass is 16.6. The summed E-state index contributed by atoms with van der Waals surface area (Å²) >= 11 is 0. The number of aromatic nitrogens is 1. The molecule has 1 aromatic rings. The van der Waals surface area contributed by atoms with Gasteiger partial charge < -0.3 is 25.2 Å². The van der Waals surface area contributed by atoms with E-state index in [-0.39, 0.29) is 0 Å². The molecule has 0 fully saturated rings. The monoisotopic (exact) mass is 381 g/mol. The molecule has 27 heavy (non-hydrogen) atoms. The number of hydrogen-bond acceptors (Lipinski definition) is 5. The van der Waals surface area contributed by atoms with Crippen LogP contribution in [0, 0.1) is 0 Å². The first-order chi connectivity index (χ1) is 12.4. The van der Waals surface area contributed by atoms with Crippen molar-refractivity contribution in [2.45, 2.75) is 79.0 Å². The average molecular weight is 382 g/mol. The lowest BCUT2D eigenvalue weighted by atomic mass is 10.1. The van der Waals surface area contributed by atoms with Crippen molar-refractivity contribution >= 4 is 12.1 Å². The van der Waals surface area contributed by atoms with Gasteiger partial charge in [0.15, 0.2) is 11.7 Å². The van der Waals surface area contributed by atoms with E-state index in [0.29, 0.717) is 30.7 Å². The number of nitrogens with one attached hydrogen (secondary N) is 3. The van der Waals surface area contributed by atoms with Gasteiger partial charge in [-0.1, -0.05) is 19.0 Å². The van der Waals surface area contributed by atoms with E-state index in [4.69, 9.17) is 9.26 Å². The highest BCUT2D eigenvalue weighted by Crippen LogP contribution is 2.14. The molecule has 0 spiro atoms. The molecule has 0 aliphatic heterocycles. The van der Waals surface area contributed by atoms with Crippen LogP contribution in [-0.2, 0) is 11.3 Å². The fraction of sp³-hybridized carbons (Fsp3) is 0.737. The number of nitrogens with zero attached hydrogens (tertiary/aromatic N) is 2. The number of rotatable bonds is 7. The summed E-state index contributed by atoms with van der Waals surface area (Å²) in [5.74, 6) is 1.67. The Morgan fingerprint density at radius 1 is 1.26 bits per heavy atom. The van der Waals surface area contributed by atoms with Crippen LogP contribution in [0.3, 0.4) is 0 Å². The molecular formula is C19H35N5O3. The van der Waals surface area contributed by atoms with E-state index in [1.165, 1.54) is 0 Å². The molecule has 1 aromatic heterocycles. The van der Waals surface area contributed by atoms with Gasteiger partial charge in [0.05, 0.1) is 11.2 Å². The molecule has 8 nitrogen and oxygen atoms in total. The van der Waals surface area contributed by atoms with Crippen LogP contribution < -0.4 is 16.0 Å². The second kappa shape index (κ2) is 9.62. The van der Waals surface area contributed by atoms with E-state index in [1.807, 2.05) is 47.6 Å². The Hall–Kier alpha value is -2.25. The van der Waals surface area contributed by atoms with Crippen molar-refractivity contribution in [3.63, 3.8) is 0 Å². The van der Waals surface area contributed by atoms with Crippen molar-refractivity contribution in [3.05, 3.63) is 17.5 Å². The number of amides is 1. The molecule has 1 heterocycles. The summed E-state index contributed by atoms with van der Waals surface area (Å²) in [5.41, 5.74) is -0.133. The van der Waals surface area contributed by atoms with Gasteiger partial charge in [-0.2, -0.15) is 0 Å². The Labute approximate surface area is 162 Å². The molecule has 8 heteroatoms. The SMILES string of the molecule is CCNC(=NCc1cc(C(C)C)no1)NCC(C)(C)NC(=O)OC(C)(C)C.